The fourth-order valence-corrected chi connectivity index (χ4v) is 3.12. The predicted molar refractivity (Wildman–Crippen MR) is 75.3 cm³/mol. The van der Waals surface area contributed by atoms with E-state index < -0.39 is 5.97 Å². The second kappa shape index (κ2) is 5.49. The van der Waals surface area contributed by atoms with Crippen LogP contribution in [-0.2, 0) is 6.54 Å². The lowest BCUT2D eigenvalue weighted by Crippen LogP contribution is -2.20. The average molecular weight is 327 g/mol. The van der Waals surface area contributed by atoms with E-state index in [-0.39, 0.29) is 5.56 Å². The molecule has 18 heavy (non-hydrogen) atoms. The Kier molecular flexibility index (Phi) is 3.98. The first-order valence-corrected chi connectivity index (χ1v) is 6.87. The van der Waals surface area contributed by atoms with Crippen LogP contribution < -0.4 is 4.90 Å². The van der Waals surface area contributed by atoms with Gasteiger partial charge in [-0.2, -0.15) is 0 Å². The molecule has 2 aromatic rings. The highest BCUT2D eigenvalue weighted by Gasteiger charge is 2.14. The van der Waals surface area contributed by atoms with E-state index in [1.54, 1.807) is 29.7 Å². The molecule has 0 saturated heterocycles. The lowest BCUT2D eigenvalue weighted by Gasteiger charge is -2.18. The van der Waals surface area contributed by atoms with Crippen LogP contribution >= 0.6 is 27.3 Å². The van der Waals surface area contributed by atoms with Crippen molar-refractivity contribution >= 4 is 39.1 Å². The van der Waals surface area contributed by atoms with Gasteiger partial charge < -0.3 is 10.0 Å². The van der Waals surface area contributed by atoms with Crippen LogP contribution in [-0.4, -0.2) is 23.1 Å². The van der Waals surface area contributed by atoms with E-state index in [9.17, 15) is 4.79 Å². The smallest absolute Gasteiger partial charge is 0.339 e. The Morgan fingerprint density at radius 2 is 2.39 bits per heavy atom. The number of nitrogens with zero attached hydrogens (tertiary/aromatic N) is 2. The van der Waals surface area contributed by atoms with Crippen molar-refractivity contribution in [3.8, 4) is 0 Å². The summed E-state index contributed by atoms with van der Waals surface area (Å²) in [7, 11) is 1.84. The summed E-state index contributed by atoms with van der Waals surface area (Å²) in [5, 5.41) is 11.1. The van der Waals surface area contributed by atoms with Crippen LogP contribution in [0, 0.1) is 0 Å². The van der Waals surface area contributed by atoms with Gasteiger partial charge in [0.25, 0.3) is 0 Å². The van der Waals surface area contributed by atoms with Gasteiger partial charge in [-0.15, -0.1) is 11.3 Å². The molecule has 0 fully saturated rings. The van der Waals surface area contributed by atoms with Gasteiger partial charge in [-0.05, 0) is 34.1 Å². The summed E-state index contributed by atoms with van der Waals surface area (Å²) in [5.74, 6) is -0.480. The number of anilines is 1. The van der Waals surface area contributed by atoms with Gasteiger partial charge >= 0.3 is 5.97 Å². The Balaban J connectivity index is 2.23. The summed E-state index contributed by atoms with van der Waals surface area (Å²) in [6.07, 6.45) is 1.60. The number of rotatable bonds is 4. The monoisotopic (exact) mass is 326 g/mol. The molecule has 2 rings (SSSR count). The van der Waals surface area contributed by atoms with Crippen molar-refractivity contribution in [3.63, 3.8) is 0 Å². The molecule has 0 radical (unpaired) electrons. The lowest BCUT2D eigenvalue weighted by molar-refractivity contribution is 0.0697. The van der Waals surface area contributed by atoms with Crippen LogP contribution in [0.15, 0.2) is 34.2 Å². The van der Waals surface area contributed by atoms with E-state index in [0.29, 0.717) is 12.4 Å². The molecule has 0 aliphatic heterocycles. The molecular formula is C12H11BrN2O2S. The number of halogens is 1. The first kappa shape index (κ1) is 13.0. The Bertz CT molecular complexity index is 571. The number of aromatic carboxylic acids is 1. The van der Waals surface area contributed by atoms with Gasteiger partial charge in [0.1, 0.15) is 11.4 Å². The van der Waals surface area contributed by atoms with E-state index >= 15 is 0 Å². The Morgan fingerprint density at radius 1 is 1.61 bits per heavy atom. The number of carbonyl (C=O) groups is 1. The zero-order chi connectivity index (χ0) is 13.1. The normalized spacial score (nSPS) is 10.3. The van der Waals surface area contributed by atoms with E-state index in [2.05, 4.69) is 20.9 Å². The van der Waals surface area contributed by atoms with Crippen molar-refractivity contribution in [2.45, 2.75) is 6.54 Å². The largest absolute Gasteiger partial charge is 0.478 e. The van der Waals surface area contributed by atoms with Gasteiger partial charge in [-0.1, -0.05) is 0 Å². The summed E-state index contributed by atoms with van der Waals surface area (Å²) < 4.78 is 1.04. The highest BCUT2D eigenvalue weighted by atomic mass is 79.9. The molecule has 0 aliphatic carbocycles. The highest BCUT2D eigenvalue weighted by Crippen LogP contribution is 2.23. The summed E-state index contributed by atoms with van der Waals surface area (Å²) in [4.78, 5) is 18.2. The fraction of sp³-hybridized carbons (Fsp3) is 0.167. The molecule has 0 atom stereocenters. The summed E-state index contributed by atoms with van der Waals surface area (Å²) in [6, 6.07) is 5.21. The van der Waals surface area contributed by atoms with Gasteiger partial charge in [0.15, 0.2) is 0 Å². The summed E-state index contributed by atoms with van der Waals surface area (Å²) in [5.41, 5.74) is 0.218. The summed E-state index contributed by atoms with van der Waals surface area (Å²) >= 11 is 5.02. The molecule has 0 bridgehead atoms. The number of aromatic nitrogens is 1. The second-order valence-electron chi connectivity index (χ2n) is 3.77. The van der Waals surface area contributed by atoms with Crippen LogP contribution in [0.1, 0.15) is 15.2 Å². The molecule has 0 spiro atoms. The van der Waals surface area contributed by atoms with Crippen LogP contribution in [0.25, 0.3) is 0 Å². The SMILES string of the molecule is CN(Cc1cc(Br)cs1)c1ncccc1C(=O)O. The van der Waals surface area contributed by atoms with Crippen molar-refractivity contribution in [2.75, 3.05) is 11.9 Å². The standard InChI is InChI=1S/C12H11BrN2O2S/c1-15(6-9-5-8(13)7-18-9)11-10(12(16)17)3-2-4-14-11/h2-5,7H,6H2,1H3,(H,16,17). The number of carboxylic acids is 1. The van der Waals surface area contributed by atoms with Gasteiger partial charge in [0.05, 0.1) is 6.54 Å². The number of carboxylic acid groups (broad SMARTS) is 1. The van der Waals surface area contributed by atoms with Crippen LogP contribution in [0.5, 0.6) is 0 Å². The molecule has 2 heterocycles. The minimum absolute atomic E-state index is 0.218. The van der Waals surface area contributed by atoms with Gasteiger partial charge in [-0.3, -0.25) is 0 Å². The van der Waals surface area contributed by atoms with E-state index in [0.717, 1.165) is 9.35 Å². The number of thiophene rings is 1. The zero-order valence-electron chi connectivity index (χ0n) is 9.63. The number of hydrogen-bond acceptors (Lipinski definition) is 4. The third-order valence-electron chi connectivity index (χ3n) is 2.39. The van der Waals surface area contributed by atoms with Crippen molar-refractivity contribution in [1.82, 2.24) is 4.98 Å². The fourth-order valence-electron chi connectivity index (χ4n) is 1.61. The first-order chi connectivity index (χ1) is 8.58. The van der Waals surface area contributed by atoms with Crippen LogP contribution in [0.3, 0.4) is 0 Å². The van der Waals surface area contributed by atoms with Gasteiger partial charge in [-0.25, -0.2) is 9.78 Å². The van der Waals surface area contributed by atoms with Crippen molar-refractivity contribution in [1.29, 1.82) is 0 Å². The van der Waals surface area contributed by atoms with E-state index in [1.165, 1.54) is 0 Å². The Labute approximate surface area is 117 Å². The average Bonchev–Trinajstić information content (AvgIpc) is 2.74. The first-order valence-electron chi connectivity index (χ1n) is 5.20. The van der Waals surface area contributed by atoms with Gasteiger partial charge in [0, 0.05) is 28.0 Å². The molecule has 2 aromatic heterocycles. The molecule has 94 valence electrons. The molecule has 0 saturated carbocycles. The second-order valence-corrected chi connectivity index (χ2v) is 5.68. The Morgan fingerprint density at radius 3 is 3.00 bits per heavy atom. The van der Waals surface area contributed by atoms with Crippen molar-refractivity contribution in [3.05, 3.63) is 44.7 Å². The molecule has 4 nitrogen and oxygen atoms in total. The molecule has 0 aliphatic rings. The lowest BCUT2D eigenvalue weighted by atomic mass is 10.2. The zero-order valence-corrected chi connectivity index (χ0v) is 12.0. The van der Waals surface area contributed by atoms with Crippen LogP contribution in [0.4, 0.5) is 5.82 Å². The van der Waals surface area contributed by atoms with Crippen molar-refractivity contribution in [2.24, 2.45) is 0 Å². The number of hydrogen-bond donors (Lipinski definition) is 1. The maximum Gasteiger partial charge on any atom is 0.339 e. The Hall–Kier alpha value is -1.40. The third-order valence-corrected chi connectivity index (χ3v) is 4.08. The highest BCUT2D eigenvalue weighted by molar-refractivity contribution is 9.10. The molecule has 0 amide bonds. The minimum atomic E-state index is -0.961. The number of pyridine rings is 1. The van der Waals surface area contributed by atoms with Crippen molar-refractivity contribution < 1.29 is 9.90 Å². The maximum atomic E-state index is 11.1. The van der Waals surface area contributed by atoms with E-state index in [1.807, 2.05) is 23.4 Å². The molecule has 1 N–H and O–H groups in total. The molecular weight excluding hydrogens is 316 g/mol. The molecule has 0 aromatic carbocycles. The van der Waals surface area contributed by atoms with Gasteiger partial charge in [0.2, 0.25) is 0 Å². The maximum absolute atomic E-state index is 11.1. The molecule has 0 unspecified atom stereocenters. The predicted octanol–water partition coefficient (Wildman–Crippen LogP) is 3.24. The van der Waals surface area contributed by atoms with Crippen LogP contribution in [0.2, 0.25) is 0 Å². The summed E-state index contributed by atoms with van der Waals surface area (Å²) in [6.45, 7) is 0.632. The minimum Gasteiger partial charge on any atom is -0.478 e. The van der Waals surface area contributed by atoms with E-state index in [4.69, 9.17) is 5.11 Å². The molecule has 6 heteroatoms. The quantitative estimate of drug-likeness (QED) is 0.937. The topological polar surface area (TPSA) is 53.4 Å². The third kappa shape index (κ3) is 2.88.